The lowest BCUT2D eigenvalue weighted by Crippen LogP contribution is -2.19. The molecule has 0 atom stereocenters. The molecule has 0 unspecified atom stereocenters. The lowest BCUT2D eigenvalue weighted by Gasteiger charge is -2.09. The first kappa shape index (κ1) is 20.3. The third-order valence-electron chi connectivity index (χ3n) is 4.21. The highest BCUT2D eigenvalue weighted by Crippen LogP contribution is 2.30. The van der Waals surface area contributed by atoms with E-state index in [4.69, 9.17) is 9.47 Å². The Morgan fingerprint density at radius 1 is 1.10 bits per heavy atom. The molecule has 0 aliphatic heterocycles. The normalized spacial score (nSPS) is 11.2. The standard InChI is InChI=1S/C21H21N3O4S/c1-12-19(29-21(22-12)14-5-8-16(25)9-6-14)13(2)23-24-20(26)15-7-10-17(27-3)18(11-15)28-4/h5-11,25H,1-4H3,(H,24,26)/b23-13+. The maximum absolute atomic E-state index is 12.4. The Bertz CT molecular complexity index is 1060. The molecule has 29 heavy (non-hydrogen) atoms. The van der Waals surface area contributed by atoms with E-state index < -0.39 is 0 Å². The van der Waals surface area contributed by atoms with E-state index in [1.165, 1.54) is 25.6 Å². The number of amides is 1. The van der Waals surface area contributed by atoms with E-state index in [1.54, 1.807) is 30.3 Å². The second-order valence-electron chi connectivity index (χ2n) is 6.19. The van der Waals surface area contributed by atoms with E-state index in [2.05, 4.69) is 15.5 Å². The average Bonchev–Trinajstić information content (AvgIpc) is 3.13. The zero-order valence-electron chi connectivity index (χ0n) is 16.5. The van der Waals surface area contributed by atoms with E-state index in [0.717, 1.165) is 21.1 Å². The molecule has 2 N–H and O–H groups in total. The van der Waals surface area contributed by atoms with Gasteiger partial charge in [0.2, 0.25) is 0 Å². The Kier molecular flexibility index (Phi) is 6.13. The van der Waals surface area contributed by atoms with Gasteiger partial charge in [-0.05, 0) is 56.3 Å². The summed E-state index contributed by atoms with van der Waals surface area (Å²) in [5.74, 6) is 0.868. The average molecular weight is 411 g/mol. The van der Waals surface area contributed by atoms with Gasteiger partial charge in [-0.3, -0.25) is 4.79 Å². The highest BCUT2D eigenvalue weighted by molar-refractivity contribution is 7.17. The molecule has 0 fully saturated rings. The van der Waals surface area contributed by atoms with Crippen LogP contribution in [0.4, 0.5) is 0 Å². The second kappa shape index (κ2) is 8.74. The number of rotatable bonds is 6. The fraction of sp³-hybridized carbons (Fsp3) is 0.190. The summed E-state index contributed by atoms with van der Waals surface area (Å²) >= 11 is 1.47. The molecule has 2 aromatic carbocycles. The number of hydrogen-bond donors (Lipinski definition) is 2. The van der Waals surface area contributed by atoms with E-state index in [0.29, 0.717) is 22.8 Å². The van der Waals surface area contributed by atoms with Gasteiger partial charge in [-0.25, -0.2) is 10.4 Å². The number of benzene rings is 2. The van der Waals surface area contributed by atoms with Gasteiger partial charge >= 0.3 is 0 Å². The van der Waals surface area contributed by atoms with Crippen molar-refractivity contribution in [2.75, 3.05) is 14.2 Å². The van der Waals surface area contributed by atoms with Crippen LogP contribution < -0.4 is 14.9 Å². The van der Waals surface area contributed by atoms with Crippen LogP contribution in [0.5, 0.6) is 17.2 Å². The number of nitrogens with one attached hydrogen (secondary N) is 1. The summed E-state index contributed by atoms with van der Waals surface area (Å²) in [5.41, 5.74) is 5.35. The Morgan fingerprint density at radius 3 is 2.45 bits per heavy atom. The third-order valence-corrected chi connectivity index (χ3v) is 5.53. The Hall–Kier alpha value is -3.39. The van der Waals surface area contributed by atoms with Crippen LogP contribution in [0.2, 0.25) is 0 Å². The van der Waals surface area contributed by atoms with Crippen molar-refractivity contribution in [1.29, 1.82) is 0 Å². The lowest BCUT2D eigenvalue weighted by atomic mass is 10.2. The monoisotopic (exact) mass is 411 g/mol. The van der Waals surface area contributed by atoms with E-state index >= 15 is 0 Å². The molecule has 7 nitrogen and oxygen atoms in total. The molecule has 8 heteroatoms. The zero-order chi connectivity index (χ0) is 21.0. The number of nitrogens with zero attached hydrogens (tertiary/aromatic N) is 2. The van der Waals surface area contributed by atoms with Gasteiger partial charge in [0.05, 0.1) is 30.5 Å². The summed E-state index contributed by atoms with van der Waals surface area (Å²) in [6.07, 6.45) is 0. The van der Waals surface area contributed by atoms with Gasteiger partial charge in [0.25, 0.3) is 5.91 Å². The molecule has 1 aromatic heterocycles. The van der Waals surface area contributed by atoms with Crippen LogP contribution in [0.3, 0.4) is 0 Å². The number of aryl methyl sites for hydroxylation is 1. The number of phenolic OH excluding ortho intramolecular Hbond substituents is 1. The molecule has 0 aliphatic carbocycles. The SMILES string of the molecule is COc1ccc(C(=O)N/N=C(\C)c2sc(-c3ccc(O)cc3)nc2C)cc1OC. The van der Waals surface area contributed by atoms with Crippen molar-refractivity contribution < 1.29 is 19.4 Å². The number of methoxy groups -OCH3 is 2. The summed E-state index contributed by atoms with van der Waals surface area (Å²) in [7, 11) is 3.05. The minimum absolute atomic E-state index is 0.206. The molecular formula is C21H21N3O4S. The van der Waals surface area contributed by atoms with E-state index in [9.17, 15) is 9.90 Å². The van der Waals surface area contributed by atoms with Crippen molar-refractivity contribution in [3.05, 3.63) is 58.6 Å². The van der Waals surface area contributed by atoms with Crippen molar-refractivity contribution in [1.82, 2.24) is 10.4 Å². The molecule has 1 heterocycles. The fourth-order valence-corrected chi connectivity index (χ4v) is 3.70. The smallest absolute Gasteiger partial charge is 0.271 e. The van der Waals surface area contributed by atoms with Crippen LogP contribution in [-0.4, -0.2) is 35.9 Å². The molecule has 0 aliphatic rings. The molecule has 3 rings (SSSR count). The minimum Gasteiger partial charge on any atom is -0.508 e. The first-order valence-electron chi connectivity index (χ1n) is 8.76. The van der Waals surface area contributed by atoms with Gasteiger partial charge in [-0.1, -0.05) is 0 Å². The molecule has 0 radical (unpaired) electrons. The molecule has 0 saturated heterocycles. The fourth-order valence-electron chi connectivity index (χ4n) is 2.69. The van der Waals surface area contributed by atoms with Gasteiger partial charge in [-0.2, -0.15) is 5.10 Å². The Labute approximate surface area is 172 Å². The number of aromatic nitrogens is 1. The molecule has 0 spiro atoms. The van der Waals surface area contributed by atoms with Gasteiger partial charge in [-0.15, -0.1) is 11.3 Å². The minimum atomic E-state index is -0.355. The maximum Gasteiger partial charge on any atom is 0.271 e. The van der Waals surface area contributed by atoms with Crippen LogP contribution in [0.1, 0.15) is 27.9 Å². The molecule has 150 valence electrons. The van der Waals surface area contributed by atoms with Crippen LogP contribution in [-0.2, 0) is 0 Å². The number of thiazole rings is 1. The largest absolute Gasteiger partial charge is 0.508 e. The summed E-state index contributed by atoms with van der Waals surface area (Å²) in [4.78, 5) is 17.9. The third kappa shape index (κ3) is 4.55. The zero-order valence-corrected chi connectivity index (χ0v) is 17.3. The lowest BCUT2D eigenvalue weighted by molar-refractivity contribution is 0.0954. The van der Waals surface area contributed by atoms with Gasteiger partial charge < -0.3 is 14.6 Å². The summed E-state index contributed by atoms with van der Waals surface area (Å²) in [5, 5.41) is 14.5. The van der Waals surface area contributed by atoms with Crippen LogP contribution in [0, 0.1) is 6.92 Å². The number of carbonyl (C=O) groups excluding carboxylic acids is 1. The summed E-state index contributed by atoms with van der Waals surface area (Å²) in [6.45, 7) is 3.71. The summed E-state index contributed by atoms with van der Waals surface area (Å²) < 4.78 is 10.4. The Balaban J connectivity index is 1.78. The van der Waals surface area contributed by atoms with Crippen LogP contribution in [0.15, 0.2) is 47.6 Å². The molecule has 0 saturated carbocycles. The first-order chi connectivity index (χ1) is 13.9. The first-order valence-corrected chi connectivity index (χ1v) is 9.58. The number of hydrogen-bond acceptors (Lipinski definition) is 7. The Morgan fingerprint density at radius 2 is 1.79 bits per heavy atom. The van der Waals surface area contributed by atoms with Crippen molar-refractivity contribution in [3.63, 3.8) is 0 Å². The van der Waals surface area contributed by atoms with E-state index in [1.807, 2.05) is 26.0 Å². The van der Waals surface area contributed by atoms with Gasteiger partial charge in [0, 0.05) is 11.1 Å². The number of aromatic hydroxyl groups is 1. The quantitative estimate of drug-likeness (QED) is 0.472. The number of carbonyl (C=O) groups is 1. The van der Waals surface area contributed by atoms with Gasteiger partial charge in [0.1, 0.15) is 10.8 Å². The van der Waals surface area contributed by atoms with Crippen LogP contribution in [0.25, 0.3) is 10.6 Å². The predicted octanol–water partition coefficient (Wildman–Crippen LogP) is 4.00. The number of phenols is 1. The highest BCUT2D eigenvalue weighted by Gasteiger charge is 2.14. The molecular weight excluding hydrogens is 390 g/mol. The van der Waals surface area contributed by atoms with Crippen molar-refractivity contribution in [2.24, 2.45) is 5.10 Å². The van der Waals surface area contributed by atoms with Crippen LogP contribution >= 0.6 is 11.3 Å². The topological polar surface area (TPSA) is 93.0 Å². The number of hydrazone groups is 1. The van der Waals surface area contributed by atoms with E-state index in [-0.39, 0.29) is 11.7 Å². The second-order valence-corrected chi connectivity index (χ2v) is 7.19. The van der Waals surface area contributed by atoms with Crippen molar-refractivity contribution in [2.45, 2.75) is 13.8 Å². The maximum atomic E-state index is 12.4. The van der Waals surface area contributed by atoms with Crippen molar-refractivity contribution >= 4 is 23.0 Å². The molecule has 1 amide bonds. The van der Waals surface area contributed by atoms with Crippen molar-refractivity contribution in [3.8, 4) is 27.8 Å². The highest BCUT2D eigenvalue weighted by atomic mass is 32.1. The van der Waals surface area contributed by atoms with Gasteiger partial charge in [0.15, 0.2) is 11.5 Å². The molecule has 0 bridgehead atoms. The number of ether oxygens (including phenoxy) is 2. The predicted molar refractivity (Wildman–Crippen MR) is 113 cm³/mol. The molecule has 3 aromatic rings. The summed E-state index contributed by atoms with van der Waals surface area (Å²) in [6, 6.07) is 11.8.